The van der Waals surface area contributed by atoms with Gasteiger partial charge in [-0.15, -0.1) is 11.3 Å². The number of hydrogen-bond acceptors (Lipinski definition) is 7. The Balaban J connectivity index is 1.57. The van der Waals surface area contributed by atoms with Gasteiger partial charge in [0.2, 0.25) is 0 Å². The number of esters is 1. The van der Waals surface area contributed by atoms with Crippen LogP contribution in [0.1, 0.15) is 38.8 Å². The van der Waals surface area contributed by atoms with Crippen LogP contribution in [0.3, 0.4) is 0 Å². The minimum absolute atomic E-state index is 0.355. The van der Waals surface area contributed by atoms with Crippen LogP contribution < -0.4 is 9.47 Å². The van der Waals surface area contributed by atoms with E-state index < -0.39 is 18.5 Å². The topological polar surface area (TPSA) is 77.4 Å². The van der Waals surface area contributed by atoms with Crippen molar-refractivity contribution in [3.63, 3.8) is 0 Å². The van der Waals surface area contributed by atoms with Gasteiger partial charge in [0.15, 0.2) is 18.1 Å². The van der Waals surface area contributed by atoms with Crippen molar-refractivity contribution in [1.82, 2.24) is 5.01 Å². The van der Waals surface area contributed by atoms with Crippen LogP contribution in [0.5, 0.6) is 11.5 Å². The zero-order valence-corrected chi connectivity index (χ0v) is 19.4. The predicted octanol–water partition coefficient (Wildman–Crippen LogP) is 4.61. The Morgan fingerprint density at radius 2 is 1.85 bits per heavy atom. The molecule has 0 saturated carbocycles. The van der Waals surface area contributed by atoms with Crippen LogP contribution in [0.25, 0.3) is 0 Å². The number of ether oxygens (including phenoxy) is 3. The number of nitrogens with zero attached hydrogens (tertiary/aromatic N) is 2. The summed E-state index contributed by atoms with van der Waals surface area (Å²) < 4.78 is 16.1. The molecule has 1 aliphatic heterocycles. The third kappa shape index (κ3) is 4.75. The van der Waals surface area contributed by atoms with Crippen molar-refractivity contribution in [2.75, 3.05) is 20.8 Å². The van der Waals surface area contributed by atoms with Crippen LogP contribution in [-0.4, -0.2) is 43.4 Å². The maximum Gasteiger partial charge on any atom is 0.338 e. The minimum Gasteiger partial charge on any atom is -0.493 e. The van der Waals surface area contributed by atoms with Gasteiger partial charge in [-0.2, -0.15) is 5.10 Å². The molecule has 1 aromatic heterocycles. The van der Waals surface area contributed by atoms with Crippen molar-refractivity contribution >= 4 is 28.9 Å². The first-order valence-corrected chi connectivity index (χ1v) is 11.3. The summed E-state index contributed by atoms with van der Waals surface area (Å²) >= 11 is 1.56. The lowest BCUT2D eigenvalue weighted by Gasteiger charge is -2.23. The highest BCUT2D eigenvalue weighted by atomic mass is 32.1. The molecular weight excluding hydrogens is 440 g/mol. The number of benzene rings is 2. The Morgan fingerprint density at radius 1 is 1.06 bits per heavy atom. The Labute approximate surface area is 196 Å². The number of aryl methyl sites for hydroxylation is 1. The first kappa shape index (κ1) is 22.5. The average molecular weight is 465 g/mol. The van der Waals surface area contributed by atoms with Gasteiger partial charge in [-0.3, -0.25) is 4.79 Å². The number of methoxy groups -OCH3 is 2. The number of amides is 1. The van der Waals surface area contributed by atoms with E-state index in [1.54, 1.807) is 43.8 Å². The van der Waals surface area contributed by atoms with Crippen molar-refractivity contribution in [2.45, 2.75) is 19.4 Å². The highest BCUT2D eigenvalue weighted by molar-refractivity contribution is 7.12. The lowest BCUT2D eigenvalue weighted by atomic mass is 10.0. The van der Waals surface area contributed by atoms with Crippen LogP contribution in [0, 0.1) is 6.92 Å². The summed E-state index contributed by atoms with van der Waals surface area (Å²) in [6.07, 6.45) is 0.535. The monoisotopic (exact) mass is 464 g/mol. The molecule has 3 aromatic rings. The zero-order chi connectivity index (χ0) is 23.4. The van der Waals surface area contributed by atoms with Crippen LogP contribution in [0.15, 0.2) is 65.1 Å². The second-order valence-electron chi connectivity index (χ2n) is 7.49. The average Bonchev–Trinajstić information content (AvgIpc) is 3.52. The number of carbonyl (C=O) groups excluding carboxylic acids is 2. The maximum absolute atomic E-state index is 13.1. The summed E-state index contributed by atoms with van der Waals surface area (Å²) in [5.74, 6) is 0.232. The summed E-state index contributed by atoms with van der Waals surface area (Å²) in [4.78, 5) is 26.6. The molecule has 0 unspecified atom stereocenters. The second-order valence-corrected chi connectivity index (χ2v) is 8.44. The minimum atomic E-state index is -0.536. The SMILES string of the molecule is COc1ccc([C@@H]2CC(c3cccs3)=NN2C(=O)COC(=O)c2ccccc2C)cc1OC. The van der Waals surface area contributed by atoms with E-state index in [0.29, 0.717) is 23.5 Å². The van der Waals surface area contributed by atoms with Gasteiger partial charge in [-0.1, -0.05) is 30.3 Å². The van der Waals surface area contributed by atoms with E-state index in [2.05, 4.69) is 5.10 Å². The molecule has 1 amide bonds. The number of rotatable bonds is 7. The van der Waals surface area contributed by atoms with Crippen molar-refractivity contribution in [3.8, 4) is 11.5 Å². The van der Waals surface area contributed by atoms with Gasteiger partial charge in [0.05, 0.1) is 36.4 Å². The molecular formula is C25H24N2O5S. The van der Waals surface area contributed by atoms with E-state index in [-0.39, 0.29) is 6.04 Å². The van der Waals surface area contributed by atoms with Gasteiger partial charge >= 0.3 is 5.97 Å². The number of hydrogen-bond donors (Lipinski definition) is 0. The lowest BCUT2D eigenvalue weighted by molar-refractivity contribution is -0.136. The Morgan fingerprint density at radius 3 is 2.55 bits per heavy atom. The third-order valence-electron chi connectivity index (χ3n) is 5.46. The molecule has 7 nitrogen and oxygen atoms in total. The molecule has 170 valence electrons. The normalized spacial score (nSPS) is 15.2. The third-order valence-corrected chi connectivity index (χ3v) is 6.37. The lowest BCUT2D eigenvalue weighted by Crippen LogP contribution is -2.31. The molecule has 0 aliphatic carbocycles. The first-order valence-electron chi connectivity index (χ1n) is 10.4. The van der Waals surface area contributed by atoms with Crippen LogP contribution in [-0.2, 0) is 9.53 Å². The number of thiophene rings is 1. The van der Waals surface area contributed by atoms with Crippen LogP contribution >= 0.6 is 11.3 Å². The van der Waals surface area contributed by atoms with Crippen molar-refractivity contribution in [1.29, 1.82) is 0 Å². The predicted molar refractivity (Wildman–Crippen MR) is 126 cm³/mol. The Bertz CT molecular complexity index is 1190. The van der Waals surface area contributed by atoms with E-state index in [1.165, 1.54) is 5.01 Å². The number of hydrazone groups is 1. The van der Waals surface area contributed by atoms with E-state index in [1.807, 2.05) is 48.7 Å². The van der Waals surface area contributed by atoms with Gasteiger partial charge in [0.25, 0.3) is 5.91 Å². The van der Waals surface area contributed by atoms with Crippen LogP contribution in [0.2, 0.25) is 0 Å². The standard InChI is InChI=1S/C25H24N2O5S/c1-16-7-4-5-8-18(16)25(29)32-15-24(28)27-20(14-19(26-27)23-9-6-12-33-23)17-10-11-21(30-2)22(13-17)31-3/h4-13,20H,14-15H2,1-3H3/t20-/m0/s1. The summed E-state index contributed by atoms with van der Waals surface area (Å²) in [5.41, 5.74) is 2.88. The smallest absolute Gasteiger partial charge is 0.338 e. The molecule has 0 N–H and O–H groups in total. The van der Waals surface area contributed by atoms with Gasteiger partial charge in [0, 0.05) is 6.42 Å². The van der Waals surface area contributed by atoms with Crippen molar-refractivity contribution < 1.29 is 23.8 Å². The molecule has 0 saturated heterocycles. The molecule has 1 atom stereocenters. The summed E-state index contributed by atoms with van der Waals surface area (Å²) in [5, 5.41) is 7.98. The fourth-order valence-electron chi connectivity index (χ4n) is 3.72. The summed E-state index contributed by atoms with van der Waals surface area (Å²) in [6, 6.07) is 16.2. The molecule has 8 heteroatoms. The zero-order valence-electron chi connectivity index (χ0n) is 18.6. The molecule has 33 heavy (non-hydrogen) atoms. The molecule has 1 aliphatic rings. The van der Waals surface area contributed by atoms with Crippen molar-refractivity contribution in [2.24, 2.45) is 5.10 Å². The van der Waals surface area contributed by atoms with Gasteiger partial charge in [0.1, 0.15) is 0 Å². The van der Waals surface area contributed by atoms with E-state index >= 15 is 0 Å². The molecule has 0 radical (unpaired) electrons. The molecule has 2 aromatic carbocycles. The van der Waals surface area contributed by atoms with Gasteiger partial charge in [-0.05, 0) is 47.7 Å². The van der Waals surface area contributed by atoms with E-state index in [9.17, 15) is 9.59 Å². The highest BCUT2D eigenvalue weighted by Crippen LogP contribution is 2.37. The first-order chi connectivity index (χ1) is 16.0. The molecule has 0 fully saturated rings. The van der Waals surface area contributed by atoms with Crippen molar-refractivity contribution in [3.05, 3.63) is 81.5 Å². The molecule has 0 spiro atoms. The van der Waals surface area contributed by atoms with E-state index in [0.717, 1.165) is 21.7 Å². The van der Waals surface area contributed by atoms with Gasteiger partial charge in [-0.25, -0.2) is 9.80 Å². The Hall–Kier alpha value is -3.65. The Kier molecular flexibility index (Phi) is 6.74. The fourth-order valence-corrected chi connectivity index (χ4v) is 4.45. The highest BCUT2D eigenvalue weighted by Gasteiger charge is 2.34. The quantitative estimate of drug-likeness (QED) is 0.477. The second kappa shape index (κ2) is 9.87. The number of carbonyl (C=O) groups is 2. The maximum atomic E-state index is 13.1. The van der Waals surface area contributed by atoms with E-state index in [4.69, 9.17) is 14.2 Å². The summed E-state index contributed by atoms with van der Waals surface area (Å²) in [6.45, 7) is 1.42. The largest absolute Gasteiger partial charge is 0.493 e. The molecule has 0 bridgehead atoms. The molecule has 2 heterocycles. The van der Waals surface area contributed by atoms with Crippen LogP contribution in [0.4, 0.5) is 0 Å². The summed E-state index contributed by atoms with van der Waals surface area (Å²) in [7, 11) is 3.14. The fraction of sp³-hybridized carbons (Fsp3) is 0.240. The van der Waals surface area contributed by atoms with Gasteiger partial charge < -0.3 is 14.2 Å². The molecule has 4 rings (SSSR count).